The van der Waals surface area contributed by atoms with E-state index in [2.05, 4.69) is 33.2 Å². The minimum Gasteiger partial charge on any atom is -0.355 e. The van der Waals surface area contributed by atoms with Gasteiger partial charge in [0.15, 0.2) is 5.82 Å². The highest BCUT2D eigenvalue weighted by molar-refractivity contribution is 5.42. The lowest BCUT2D eigenvalue weighted by Crippen LogP contribution is -2.37. The first kappa shape index (κ1) is 17.8. The van der Waals surface area contributed by atoms with Gasteiger partial charge in [-0.25, -0.2) is 4.68 Å². The number of hydrogen-bond acceptors (Lipinski definition) is 5. The van der Waals surface area contributed by atoms with Gasteiger partial charge < -0.3 is 4.90 Å². The lowest BCUT2D eigenvalue weighted by atomic mass is 9.88. The SMILES string of the molecule is CC1CCc2nnc(N3CCC(Cn4nc5c(cc4=O)CCC5)CC3)cc2C1. The number of anilines is 1. The molecule has 2 aromatic heterocycles. The summed E-state index contributed by atoms with van der Waals surface area (Å²) >= 11 is 0. The van der Waals surface area contributed by atoms with E-state index in [0.29, 0.717) is 5.92 Å². The summed E-state index contributed by atoms with van der Waals surface area (Å²) in [5.41, 5.74) is 4.95. The molecule has 3 heterocycles. The van der Waals surface area contributed by atoms with E-state index in [-0.39, 0.29) is 5.56 Å². The van der Waals surface area contributed by atoms with E-state index in [4.69, 9.17) is 0 Å². The second-order valence-electron chi connectivity index (χ2n) is 8.94. The highest BCUT2D eigenvalue weighted by atomic mass is 16.1. The molecular formula is C22H29N5O. The molecule has 1 aliphatic heterocycles. The number of hydrogen-bond donors (Lipinski definition) is 0. The molecule has 0 saturated carbocycles. The van der Waals surface area contributed by atoms with Gasteiger partial charge in [-0.3, -0.25) is 4.79 Å². The van der Waals surface area contributed by atoms with E-state index in [1.807, 2.05) is 6.07 Å². The molecule has 0 spiro atoms. The van der Waals surface area contributed by atoms with Crippen molar-refractivity contribution in [3.8, 4) is 0 Å². The van der Waals surface area contributed by atoms with Crippen molar-refractivity contribution >= 4 is 5.82 Å². The van der Waals surface area contributed by atoms with Crippen molar-refractivity contribution in [1.29, 1.82) is 0 Å². The van der Waals surface area contributed by atoms with Gasteiger partial charge in [-0.15, -0.1) is 5.10 Å². The van der Waals surface area contributed by atoms with Crippen molar-refractivity contribution < 1.29 is 0 Å². The smallest absolute Gasteiger partial charge is 0.267 e. The van der Waals surface area contributed by atoms with Crippen LogP contribution in [0.2, 0.25) is 0 Å². The normalized spacial score (nSPS) is 22.2. The molecular weight excluding hydrogens is 350 g/mol. The Morgan fingerprint density at radius 2 is 1.86 bits per heavy atom. The minimum atomic E-state index is 0.0674. The molecule has 0 N–H and O–H groups in total. The van der Waals surface area contributed by atoms with Gasteiger partial charge in [0.25, 0.3) is 5.56 Å². The summed E-state index contributed by atoms with van der Waals surface area (Å²) in [7, 11) is 0. The van der Waals surface area contributed by atoms with Gasteiger partial charge in [0.05, 0.1) is 11.4 Å². The fraction of sp³-hybridized carbons (Fsp3) is 0.636. The molecule has 2 aromatic rings. The number of aromatic nitrogens is 4. The Balaban J connectivity index is 1.24. The van der Waals surface area contributed by atoms with Crippen LogP contribution in [0.3, 0.4) is 0 Å². The molecule has 1 atom stereocenters. The fourth-order valence-electron chi connectivity index (χ4n) is 5.01. The summed E-state index contributed by atoms with van der Waals surface area (Å²) in [5.74, 6) is 2.28. The van der Waals surface area contributed by atoms with Crippen molar-refractivity contribution in [2.24, 2.45) is 11.8 Å². The maximum Gasteiger partial charge on any atom is 0.267 e. The Kier molecular flexibility index (Phi) is 4.65. The van der Waals surface area contributed by atoms with E-state index < -0.39 is 0 Å². The summed E-state index contributed by atoms with van der Waals surface area (Å²) in [6.07, 6.45) is 8.71. The summed E-state index contributed by atoms with van der Waals surface area (Å²) in [6, 6.07) is 4.08. The van der Waals surface area contributed by atoms with E-state index in [1.54, 1.807) is 4.68 Å². The van der Waals surface area contributed by atoms with Crippen molar-refractivity contribution in [3.63, 3.8) is 0 Å². The molecule has 0 radical (unpaired) electrons. The Hall–Kier alpha value is -2.24. The quantitative estimate of drug-likeness (QED) is 0.820. The third-order valence-corrected chi connectivity index (χ3v) is 6.78. The Bertz CT molecular complexity index is 929. The average molecular weight is 380 g/mol. The van der Waals surface area contributed by atoms with Gasteiger partial charge in [-0.2, -0.15) is 10.2 Å². The number of rotatable bonds is 3. The van der Waals surface area contributed by atoms with Gasteiger partial charge in [-0.05, 0) is 80.4 Å². The molecule has 5 rings (SSSR count). The van der Waals surface area contributed by atoms with Crippen LogP contribution in [-0.4, -0.2) is 33.1 Å². The number of nitrogens with zero attached hydrogens (tertiary/aromatic N) is 5. The maximum absolute atomic E-state index is 12.4. The minimum absolute atomic E-state index is 0.0674. The molecule has 1 unspecified atom stereocenters. The third kappa shape index (κ3) is 3.45. The van der Waals surface area contributed by atoms with Gasteiger partial charge in [0.1, 0.15) is 0 Å². The molecule has 1 saturated heterocycles. The zero-order valence-corrected chi connectivity index (χ0v) is 16.7. The number of fused-ring (bicyclic) bond motifs is 2. The number of piperidine rings is 1. The van der Waals surface area contributed by atoms with Crippen LogP contribution in [-0.2, 0) is 32.2 Å². The van der Waals surface area contributed by atoms with Crippen molar-refractivity contribution in [3.05, 3.63) is 45.0 Å². The first-order valence-electron chi connectivity index (χ1n) is 10.9. The van der Waals surface area contributed by atoms with E-state index in [0.717, 1.165) is 87.6 Å². The summed E-state index contributed by atoms with van der Waals surface area (Å²) in [4.78, 5) is 14.7. The molecule has 0 amide bonds. The second-order valence-corrected chi connectivity index (χ2v) is 8.94. The lowest BCUT2D eigenvalue weighted by molar-refractivity contribution is 0.332. The standard InChI is InChI=1S/C22H29N5O/c1-15-5-6-19-18(11-15)12-21(24-23-19)26-9-7-16(8-10-26)14-27-22(28)13-17-3-2-4-20(17)25-27/h12-13,15-16H,2-11,14H2,1H3. The maximum atomic E-state index is 12.4. The van der Waals surface area contributed by atoms with Crippen LogP contribution in [0, 0.1) is 11.8 Å². The molecule has 6 heteroatoms. The highest BCUT2D eigenvalue weighted by Crippen LogP contribution is 2.28. The largest absolute Gasteiger partial charge is 0.355 e. The van der Waals surface area contributed by atoms with Crippen LogP contribution >= 0.6 is 0 Å². The monoisotopic (exact) mass is 379 g/mol. The topological polar surface area (TPSA) is 63.9 Å². The van der Waals surface area contributed by atoms with Gasteiger partial charge in [0.2, 0.25) is 0 Å². The highest BCUT2D eigenvalue weighted by Gasteiger charge is 2.24. The molecule has 1 fully saturated rings. The zero-order chi connectivity index (χ0) is 19.1. The second kappa shape index (κ2) is 7.30. The molecule has 0 bridgehead atoms. The average Bonchev–Trinajstić information content (AvgIpc) is 3.15. The summed E-state index contributed by atoms with van der Waals surface area (Å²) < 4.78 is 1.71. The Morgan fingerprint density at radius 1 is 1.00 bits per heavy atom. The van der Waals surface area contributed by atoms with E-state index >= 15 is 0 Å². The van der Waals surface area contributed by atoms with Crippen LogP contribution in [0.1, 0.15) is 55.1 Å². The molecule has 28 heavy (non-hydrogen) atoms. The molecule has 148 valence electrons. The van der Waals surface area contributed by atoms with Gasteiger partial charge in [0, 0.05) is 25.7 Å². The predicted molar refractivity (Wildman–Crippen MR) is 109 cm³/mol. The lowest BCUT2D eigenvalue weighted by Gasteiger charge is -2.33. The number of aryl methyl sites for hydroxylation is 3. The van der Waals surface area contributed by atoms with E-state index in [9.17, 15) is 4.79 Å². The first-order chi connectivity index (χ1) is 13.7. The Morgan fingerprint density at radius 3 is 2.71 bits per heavy atom. The summed E-state index contributed by atoms with van der Waals surface area (Å²) in [5, 5.41) is 13.7. The van der Waals surface area contributed by atoms with Gasteiger partial charge >= 0.3 is 0 Å². The summed E-state index contributed by atoms with van der Waals surface area (Å²) in [6.45, 7) is 5.03. The predicted octanol–water partition coefficient (Wildman–Crippen LogP) is 2.56. The van der Waals surface area contributed by atoms with Crippen LogP contribution in [0.25, 0.3) is 0 Å². The fourth-order valence-corrected chi connectivity index (χ4v) is 5.01. The van der Waals surface area contributed by atoms with Crippen molar-refractivity contribution in [1.82, 2.24) is 20.0 Å². The molecule has 0 aromatic carbocycles. The van der Waals surface area contributed by atoms with Gasteiger partial charge in [-0.1, -0.05) is 6.92 Å². The van der Waals surface area contributed by atoms with Crippen LogP contribution in [0.5, 0.6) is 0 Å². The molecule has 3 aliphatic rings. The molecule has 2 aliphatic carbocycles. The first-order valence-corrected chi connectivity index (χ1v) is 10.9. The Labute approximate surface area is 166 Å². The van der Waals surface area contributed by atoms with E-state index in [1.165, 1.54) is 17.7 Å². The van der Waals surface area contributed by atoms with Crippen LogP contribution in [0.4, 0.5) is 5.82 Å². The zero-order valence-electron chi connectivity index (χ0n) is 16.7. The van der Waals surface area contributed by atoms with Crippen molar-refractivity contribution in [2.75, 3.05) is 18.0 Å². The van der Waals surface area contributed by atoms with Crippen molar-refractivity contribution in [2.45, 2.75) is 64.8 Å². The van der Waals surface area contributed by atoms with Crippen LogP contribution < -0.4 is 10.5 Å². The molecule has 6 nitrogen and oxygen atoms in total. The third-order valence-electron chi connectivity index (χ3n) is 6.78. The van der Waals surface area contributed by atoms with Crippen LogP contribution in [0.15, 0.2) is 16.9 Å².